The molecule has 0 aliphatic rings. The summed E-state index contributed by atoms with van der Waals surface area (Å²) < 4.78 is 5.29. The molecule has 0 saturated heterocycles. The van der Waals surface area contributed by atoms with Crippen LogP contribution in [0.5, 0.6) is 0 Å². The summed E-state index contributed by atoms with van der Waals surface area (Å²) in [5, 5.41) is 4.01. The first-order valence-electron chi connectivity index (χ1n) is 6.64. The largest absolute Gasteiger partial charge is 0.468 e. The standard InChI is InChI=1S/C16H21NOS/c1-13-5-3-6-15(9-13)12-19-14(2)10-17-11-16-7-4-8-18-16/h3-9,14,17H,10-12H2,1-2H3. The molecule has 0 saturated carbocycles. The Bertz CT molecular complexity index is 481. The van der Waals surface area contributed by atoms with Crippen LogP contribution in [0.1, 0.15) is 23.8 Å². The summed E-state index contributed by atoms with van der Waals surface area (Å²) in [5.74, 6) is 2.07. The van der Waals surface area contributed by atoms with E-state index >= 15 is 0 Å². The highest BCUT2D eigenvalue weighted by Gasteiger charge is 2.04. The lowest BCUT2D eigenvalue weighted by molar-refractivity contribution is 0.484. The number of benzene rings is 1. The van der Waals surface area contributed by atoms with E-state index in [1.165, 1.54) is 11.1 Å². The van der Waals surface area contributed by atoms with Crippen LogP contribution in [0.15, 0.2) is 47.1 Å². The zero-order valence-corrected chi connectivity index (χ0v) is 12.4. The van der Waals surface area contributed by atoms with E-state index in [9.17, 15) is 0 Å². The predicted molar refractivity (Wildman–Crippen MR) is 82.4 cm³/mol. The molecule has 0 radical (unpaired) electrons. The Kier molecular flexibility index (Phi) is 5.55. The van der Waals surface area contributed by atoms with Gasteiger partial charge in [0.25, 0.3) is 0 Å². The third-order valence-corrected chi connectivity index (χ3v) is 4.16. The predicted octanol–water partition coefficient (Wildman–Crippen LogP) is 4.00. The minimum atomic E-state index is 0.593. The summed E-state index contributed by atoms with van der Waals surface area (Å²) >= 11 is 1.98. The van der Waals surface area contributed by atoms with E-state index in [2.05, 4.69) is 43.4 Å². The second kappa shape index (κ2) is 7.41. The monoisotopic (exact) mass is 275 g/mol. The molecule has 1 unspecified atom stereocenters. The van der Waals surface area contributed by atoms with E-state index < -0.39 is 0 Å². The highest BCUT2D eigenvalue weighted by Crippen LogP contribution is 2.18. The van der Waals surface area contributed by atoms with Crippen molar-refractivity contribution in [2.75, 3.05) is 6.54 Å². The van der Waals surface area contributed by atoms with Crippen molar-refractivity contribution in [3.63, 3.8) is 0 Å². The average molecular weight is 275 g/mol. The maximum absolute atomic E-state index is 5.29. The molecule has 0 spiro atoms. The van der Waals surface area contributed by atoms with Crippen LogP contribution in [-0.4, -0.2) is 11.8 Å². The first kappa shape index (κ1) is 14.2. The molecular formula is C16H21NOS. The van der Waals surface area contributed by atoms with Crippen LogP contribution in [0.25, 0.3) is 0 Å². The van der Waals surface area contributed by atoms with Gasteiger partial charge in [-0.25, -0.2) is 0 Å². The number of aryl methyl sites for hydroxylation is 1. The Morgan fingerprint density at radius 3 is 2.89 bits per heavy atom. The molecule has 0 aliphatic carbocycles. The van der Waals surface area contributed by atoms with Crippen LogP contribution in [0.4, 0.5) is 0 Å². The van der Waals surface area contributed by atoms with Crippen molar-refractivity contribution in [3.05, 3.63) is 59.5 Å². The van der Waals surface area contributed by atoms with Crippen LogP contribution in [0, 0.1) is 6.92 Å². The van der Waals surface area contributed by atoms with Gasteiger partial charge >= 0.3 is 0 Å². The Balaban J connectivity index is 1.65. The molecule has 0 amide bonds. The molecule has 1 N–H and O–H groups in total. The molecule has 2 nitrogen and oxygen atoms in total. The van der Waals surface area contributed by atoms with Crippen molar-refractivity contribution in [1.29, 1.82) is 0 Å². The van der Waals surface area contributed by atoms with E-state index in [1.807, 2.05) is 23.9 Å². The molecule has 3 heteroatoms. The summed E-state index contributed by atoms with van der Waals surface area (Å²) in [5.41, 5.74) is 2.74. The van der Waals surface area contributed by atoms with Crippen LogP contribution in [-0.2, 0) is 12.3 Å². The fourth-order valence-corrected chi connectivity index (χ4v) is 2.80. The summed E-state index contributed by atoms with van der Waals surface area (Å²) in [6, 6.07) is 12.6. The normalized spacial score (nSPS) is 12.5. The van der Waals surface area contributed by atoms with Gasteiger partial charge in [-0.1, -0.05) is 36.8 Å². The van der Waals surface area contributed by atoms with Gasteiger partial charge in [-0.05, 0) is 24.6 Å². The number of rotatable bonds is 7. The lowest BCUT2D eigenvalue weighted by atomic mass is 10.2. The molecule has 1 heterocycles. The summed E-state index contributed by atoms with van der Waals surface area (Å²) in [7, 11) is 0. The second-order valence-corrected chi connectivity index (χ2v) is 6.25. The molecule has 102 valence electrons. The summed E-state index contributed by atoms with van der Waals surface area (Å²) in [6.07, 6.45) is 1.72. The maximum atomic E-state index is 5.29. The van der Waals surface area contributed by atoms with Gasteiger partial charge in [0.15, 0.2) is 0 Å². The van der Waals surface area contributed by atoms with Gasteiger partial charge in [0.1, 0.15) is 5.76 Å². The van der Waals surface area contributed by atoms with Crippen molar-refractivity contribution in [1.82, 2.24) is 5.32 Å². The molecule has 0 fully saturated rings. The summed E-state index contributed by atoms with van der Waals surface area (Å²) in [4.78, 5) is 0. The molecule has 0 aliphatic heterocycles. The highest BCUT2D eigenvalue weighted by atomic mass is 32.2. The zero-order valence-electron chi connectivity index (χ0n) is 11.6. The fourth-order valence-electron chi connectivity index (χ4n) is 1.91. The van der Waals surface area contributed by atoms with E-state index in [1.54, 1.807) is 6.26 Å². The molecule has 2 rings (SSSR count). The minimum absolute atomic E-state index is 0.593. The van der Waals surface area contributed by atoms with Crippen molar-refractivity contribution >= 4 is 11.8 Å². The Labute approximate surface area is 119 Å². The quantitative estimate of drug-likeness (QED) is 0.827. The minimum Gasteiger partial charge on any atom is -0.468 e. The lowest BCUT2D eigenvalue weighted by Crippen LogP contribution is -2.22. The number of furan rings is 1. The van der Waals surface area contributed by atoms with E-state index in [0.717, 1.165) is 24.6 Å². The van der Waals surface area contributed by atoms with Crippen LogP contribution in [0.2, 0.25) is 0 Å². The van der Waals surface area contributed by atoms with Gasteiger partial charge in [-0.2, -0.15) is 11.8 Å². The third-order valence-electron chi connectivity index (χ3n) is 2.93. The molecule has 1 aromatic heterocycles. The SMILES string of the molecule is Cc1cccc(CSC(C)CNCc2ccco2)c1. The van der Waals surface area contributed by atoms with Gasteiger partial charge in [-0.15, -0.1) is 0 Å². The van der Waals surface area contributed by atoms with Gasteiger partial charge in [0.2, 0.25) is 0 Å². The molecule has 1 aromatic carbocycles. The van der Waals surface area contributed by atoms with Gasteiger partial charge in [0.05, 0.1) is 12.8 Å². The maximum Gasteiger partial charge on any atom is 0.117 e. The Hall–Kier alpha value is -1.19. The van der Waals surface area contributed by atoms with Crippen LogP contribution >= 0.6 is 11.8 Å². The molecule has 1 atom stereocenters. The van der Waals surface area contributed by atoms with Crippen LogP contribution in [0.3, 0.4) is 0 Å². The average Bonchev–Trinajstić information content (AvgIpc) is 2.90. The first-order chi connectivity index (χ1) is 9.24. The molecule has 0 bridgehead atoms. The van der Waals surface area contributed by atoms with Gasteiger partial charge < -0.3 is 9.73 Å². The van der Waals surface area contributed by atoms with E-state index in [4.69, 9.17) is 4.42 Å². The number of nitrogens with one attached hydrogen (secondary N) is 1. The second-order valence-electron chi connectivity index (χ2n) is 4.82. The smallest absolute Gasteiger partial charge is 0.117 e. The lowest BCUT2D eigenvalue weighted by Gasteiger charge is -2.12. The first-order valence-corrected chi connectivity index (χ1v) is 7.69. The Morgan fingerprint density at radius 1 is 1.26 bits per heavy atom. The zero-order chi connectivity index (χ0) is 13.5. The van der Waals surface area contributed by atoms with Crippen molar-refractivity contribution in [3.8, 4) is 0 Å². The Morgan fingerprint density at radius 2 is 2.16 bits per heavy atom. The topological polar surface area (TPSA) is 25.2 Å². The number of hydrogen-bond acceptors (Lipinski definition) is 3. The van der Waals surface area contributed by atoms with Crippen LogP contribution < -0.4 is 5.32 Å². The molecule has 19 heavy (non-hydrogen) atoms. The van der Waals surface area contributed by atoms with Crippen molar-refractivity contribution in [2.45, 2.75) is 31.4 Å². The summed E-state index contributed by atoms with van der Waals surface area (Å²) in [6.45, 7) is 6.21. The molecule has 2 aromatic rings. The number of hydrogen-bond donors (Lipinski definition) is 1. The van der Waals surface area contributed by atoms with Gasteiger partial charge in [-0.3, -0.25) is 0 Å². The molecular weight excluding hydrogens is 254 g/mol. The number of thioether (sulfide) groups is 1. The van der Waals surface area contributed by atoms with E-state index in [0.29, 0.717) is 5.25 Å². The van der Waals surface area contributed by atoms with Crippen molar-refractivity contribution < 1.29 is 4.42 Å². The van der Waals surface area contributed by atoms with Crippen molar-refractivity contribution in [2.24, 2.45) is 0 Å². The third kappa shape index (κ3) is 5.13. The highest BCUT2D eigenvalue weighted by molar-refractivity contribution is 7.99. The fraction of sp³-hybridized carbons (Fsp3) is 0.375. The van der Waals surface area contributed by atoms with E-state index in [-0.39, 0.29) is 0 Å². The van der Waals surface area contributed by atoms with Gasteiger partial charge in [0, 0.05) is 17.5 Å².